The van der Waals surface area contributed by atoms with Crippen molar-refractivity contribution in [3.05, 3.63) is 87.9 Å². The average Bonchev–Trinajstić information content (AvgIpc) is 2.79. The number of rotatable bonds is 9. The molecule has 3 aromatic carbocycles. The number of carbonyl (C=O) groups is 2. The third-order valence-corrected chi connectivity index (χ3v) is 4.96. The number of nitrogens with one attached hydrogen (secondary N) is 2. The fourth-order valence-electron chi connectivity index (χ4n) is 3.06. The topological polar surface area (TPSA) is 89.0 Å². The SMILES string of the molecule is CCOc1cc(/C=N/NC(=O)c2ccc(C)cc2)cc(Cl)c1OCC(=O)Nc1cccc(C)c1. The van der Waals surface area contributed by atoms with Crippen LogP contribution in [0, 0.1) is 13.8 Å². The zero-order valence-corrected chi connectivity index (χ0v) is 20.0. The lowest BCUT2D eigenvalue weighted by molar-refractivity contribution is -0.118. The van der Waals surface area contributed by atoms with Crippen LogP contribution in [0.25, 0.3) is 0 Å². The summed E-state index contributed by atoms with van der Waals surface area (Å²) in [5.74, 6) is -0.0334. The van der Waals surface area contributed by atoms with E-state index in [4.69, 9.17) is 21.1 Å². The third kappa shape index (κ3) is 7.08. The Bertz CT molecular complexity index is 1190. The Labute approximate surface area is 203 Å². The van der Waals surface area contributed by atoms with Crippen LogP contribution in [0.15, 0.2) is 65.8 Å². The number of amides is 2. The zero-order chi connectivity index (χ0) is 24.5. The number of ether oxygens (including phenoxy) is 2. The summed E-state index contributed by atoms with van der Waals surface area (Å²) in [6.45, 7) is 5.84. The molecule has 0 unspecified atom stereocenters. The molecule has 8 heteroatoms. The fourth-order valence-corrected chi connectivity index (χ4v) is 3.33. The predicted octanol–water partition coefficient (Wildman–Crippen LogP) is 5.14. The van der Waals surface area contributed by atoms with Crippen molar-refractivity contribution >= 4 is 35.3 Å². The number of benzene rings is 3. The summed E-state index contributed by atoms with van der Waals surface area (Å²) in [5, 5.41) is 7.03. The molecule has 0 fully saturated rings. The van der Waals surface area contributed by atoms with Crippen LogP contribution in [0.3, 0.4) is 0 Å². The van der Waals surface area contributed by atoms with Gasteiger partial charge in [-0.05, 0) is 68.3 Å². The van der Waals surface area contributed by atoms with Crippen molar-refractivity contribution in [1.29, 1.82) is 0 Å². The lowest BCUT2D eigenvalue weighted by atomic mass is 10.1. The molecule has 0 spiro atoms. The first kappa shape index (κ1) is 24.8. The first-order chi connectivity index (χ1) is 16.4. The van der Waals surface area contributed by atoms with E-state index in [2.05, 4.69) is 15.8 Å². The Morgan fingerprint density at radius 2 is 1.76 bits per heavy atom. The van der Waals surface area contributed by atoms with Gasteiger partial charge in [-0.3, -0.25) is 9.59 Å². The molecule has 0 aliphatic rings. The summed E-state index contributed by atoms with van der Waals surface area (Å²) < 4.78 is 11.3. The van der Waals surface area contributed by atoms with E-state index in [1.54, 1.807) is 30.3 Å². The second kappa shape index (κ2) is 11.9. The number of halogens is 1. The van der Waals surface area contributed by atoms with Crippen molar-refractivity contribution in [2.75, 3.05) is 18.5 Å². The van der Waals surface area contributed by atoms with E-state index in [0.717, 1.165) is 11.1 Å². The molecule has 0 saturated heterocycles. The zero-order valence-electron chi connectivity index (χ0n) is 19.2. The molecular formula is C26H26ClN3O4. The smallest absolute Gasteiger partial charge is 0.271 e. The third-order valence-electron chi connectivity index (χ3n) is 4.67. The minimum Gasteiger partial charge on any atom is -0.490 e. The van der Waals surface area contributed by atoms with E-state index in [0.29, 0.717) is 29.2 Å². The summed E-state index contributed by atoms with van der Waals surface area (Å²) >= 11 is 6.40. The van der Waals surface area contributed by atoms with Crippen LogP contribution >= 0.6 is 11.6 Å². The summed E-state index contributed by atoms with van der Waals surface area (Å²) in [7, 11) is 0. The van der Waals surface area contributed by atoms with E-state index in [1.807, 2.05) is 51.1 Å². The monoisotopic (exact) mass is 479 g/mol. The number of anilines is 1. The molecular weight excluding hydrogens is 454 g/mol. The van der Waals surface area contributed by atoms with Crippen LogP contribution in [0.2, 0.25) is 5.02 Å². The Morgan fingerprint density at radius 1 is 1.00 bits per heavy atom. The molecule has 0 saturated carbocycles. The highest BCUT2D eigenvalue weighted by atomic mass is 35.5. The Hall–Kier alpha value is -3.84. The minimum absolute atomic E-state index is 0.242. The highest BCUT2D eigenvalue weighted by Gasteiger charge is 2.14. The van der Waals surface area contributed by atoms with Crippen LogP contribution in [-0.4, -0.2) is 31.2 Å². The van der Waals surface area contributed by atoms with Gasteiger partial charge in [-0.1, -0.05) is 41.4 Å². The van der Waals surface area contributed by atoms with Gasteiger partial charge in [0.05, 0.1) is 17.8 Å². The maximum absolute atomic E-state index is 12.3. The van der Waals surface area contributed by atoms with Gasteiger partial charge < -0.3 is 14.8 Å². The quantitative estimate of drug-likeness (QED) is 0.328. The molecule has 0 aliphatic heterocycles. The molecule has 2 amide bonds. The van der Waals surface area contributed by atoms with Gasteiger partial charge in [0.15, 0.2) is 18.1 Å². The molecule has 0 aliphatic carbocycles. The molecule has 34 heavy (non-hydrogen) atoms. The first-order valence-electron chi connectivity index (χ1n) is 10.7. The second-order valence-electron chi connectivity index (χ2n) is 7.53. The summed E-state index contributed by atoms with van der Waals surface area (Å²) in [4.78, 5) is 24.5. The highest BCUT2D eigenvalue weighted by Crippen LogP contribution is 2.36. The van der Waals surface area contributed by atoms with Crippen LogP contribution in [0.1, 0.15) is 34.0 Å². The van der Waals surface area contributed by atoms with Gasteiger partial charge in [-0.25, -0.2) is 5.43 Å². The van der Waals surface area contributed by atoms with E-state index in [-0.39, 0.29) is 29.2 Å². The van der Waals surface area contributed by atoms with Crippen molar-refractivity contribution in [2.24, 2.45) is 5.10 Å². The van der Waals surface area contributed by atoms with Crippen LogP contribution in [-0.2, 0) is 4.79 Å². The van der Waals surface area contributed by atoms with Crippen molar-refractivity contribution in [1.82, 2.24) is 5.43 Å². The number of aryl methyl sites for hydroxylation is 2. The van der Waals surface area contributed by atoms with Gasteiger partial charge in [-0.2, -0.15) is 5.10 Å². The lowest BCUT2D eigenvalue weighted by Crippen LogP contribution is -2.20. The Kier molecular flexibility index (Phi) is 8.65. The van der Waals surface area contributed by atoms with Gasteiger partial charge in [0.25, 0.3) is 11.8 Å². The van der Waals surface area contributed by atoms with Crippen molar-refractivity contribution < 1.29 is 19.1 Å². The van der Waals surface area contributed by atoms with E-state index in [9.17, 15) is 9.59 Å². The summed E-state index contributed by atoms with van der Waals surface area (Å²) in [5.41, 5.74) is 6.36. The average molecular weight is 480 g/mol. The summed E-state index contributed by atoms with van der Waals surface area (Å²) in [6, 6.07) is 17.9. The molecule has 0 heterocycles. The molecule has 2 N–H and O–H groups in total. The number of hydrogen-bond donors (Lipinski definition) is 2. The maximum atomic E-state index is 12.3. The first-order valence-corrected chi connectivity index (χ1v) is 11.1. The molecule has 3 aromatic rings. The van der Waals surface area contributed by atoms with E-state index < -0.39 is 0 Å². The molecule has 0 radical (unpaired) electrons. The van der Waals surface area contributed by atoms with Crippen molar-refractivity contribution in [3.8, 4) is 11.5 Å². The maximum Gasteiger partial charge on any atom is 0.271 e. The fraction of sp³-hybridized carbons (Fsp3) is 0.192. The lowest BCUT2D eigenvalue weighted by Gasteiger charge is -2.14. The van der Waals surface area contributed by atoms with Crippen LogP contribution in [0.5, 0.6) is 11.5 Å². The van der Waals surface area contributed by atoms with Gasteiger partial charge in [0.2, 0.25) is 0 Å². The molecule has 0 atom stereocenters. The number of nitrogens with zero attached hydrogens (tertiary/aromatic N) is 1. The van der Waals surface area contributed by atoms with E-state index >= 15 is 0 Å². The van der Waals surface area contributed by atoms with Crippen LogP contribution in [0.4, 0.5) is 5.69 Å². The van der Waals surface area contributed by atoms with Gasteiger partial charge in [0, 0.05) is 11.3 Å². The minimum atomic E-state index is -0.327. The Morgan fingerprint density at radius 3 is 2.47 bits per heavy atom. The molecule has 0 bridgehead atoms. The molecule has 176 valence electrons. The van der Waals surface area contributed by atoms with E-state index in [1.165, 1.54) is 6.21 Å². The Balaban J connectivity index is 1.65. The molecule has 3 rings (SSSR count). The van der Waals surface area contributed by atoms with Gasteiger partial charge in [-0.15, -0.1) is 0 Å². The molecule has 7 nitrogen and oxygen atoms in total. The van der Waals surface area contributed by atoms with Gasteiger partial charge >= 0.3 is 0 Å². The summed E-state index contributed by atoms with van der Waals surface area (Å²) in [6.07, 6.45) is 1.45. The molecule has 0 aromatic heterocycles. The highest BCUT2D eigenvalue weighted by molar-refractivity contribution is 6.32. The van der Waals surface area contributed by atoms with Gasteiger partial charge in [0.1, 0.15) is 0 Å². The number of hydrogen-bond acceptors (Lipinski definition) is 5. The van der Waals surface area contributed by atoms with Crippen molar-refractivity contribution in [2.45, 2.75) is 20.8 Å². The largest absolute Gasteiger partial charge is 0.490 e. The standard InChI is InChI=1S/C26H26ClN3O4/c1-4-33-23-14-19(15-28-30-26(32)20-10-8-17(2)9-11-20)13-22(27)25(23)34-16-24(31)29-21-7-5-6-18(3)12-21/h5-15H,4,16H2,1-3H3,(H,29,31)(H,30,32)/b28-15+. The van der Waals surface area contributed by atoms with Crippen molar-refractivity contribution in [3.63, 3.8) is 0 Å². The second-order valence-corrected chi connectivity index (χ2v) is 7.94. The number of carbonyl (C=O) groups excluding carboxylic acids is 2. The predicted molar refractivity (Wildman–Crippen MR) is 134 cm³/mol. The normalized spacial score (nSPS) is 10.7. The number of hydrazone groups is 1. The van der Waals surface area contributed by atoms with Crippen LogP contribution < -0.4 is 20.2 Å².